The molecule has 0 heterocycles. The van der Waals surface area contributed by atoms with E-state index in [9.17, 15) is 9.59 Å². The molecule has 0 atom stereocenters. The van der Waals surface area contributed by atoms with Gasteiger partial charge in [0.2, 0.25) is 11.5 Å². The van der Waals surface area contributed by atoms with Crippen LogP contribution in [-0.4, -0.2) is 104 Å². The Bertz CT molecular complexity index is 1020. The van der Waals surface area contributed by atoms with Crippen LogP contribution in [-0.2, 0) is 32.2 Å². The van der Waals surface area contributed by atoms with Crippen molar-refractivity contribution < 1.29 is 47.5 Å². The lowest BCUT2D eigenvalue weighted by molar-refractivity contribution is -0.146. The van der Waals surface area contributed by atoms with Crippen molar-refractivity contribution in [2.45, 2.75) is 26.9 Å². The highest BCUT2D eigenvalue weighted by atomic mass is 16.5. The van der Waals surface area contributed by atoms with Crippen LogP contribution in [0.5, 0.6) is 34.5 Å². The zero-order valence-corrected chi connectivity index (χ0v) is 25.9. The third-order valence-corrected chi connectivity index (χ3v) is 6.31. The summed E-state index contributed by atoms with van der Waals surface area (Å²) in [5, 5.41) is 0. The summed E-state index contributed by atoms with van der Waals surface area (Å²) in [6.45, 7) is 5.78. The van der Waals surface area contributed by atoms with Crippen LogP contribution in [0.3, 0.4) is 0 Å². The SMILES string of the molecule is CCOC(=O)CN(CCN(CC(=O)OCC)Cc1cc(OC)c(OC)c(OC)c1)Cc1cc(OC)c(OC)c(OC)c1. The molecule has 0 aromatic heterocycles. The van der Waals surface area contributed by atoms with Crippen molar-refractivity contribution in [3.63, 3.8) is 0 Å². The molecular weight excluding hydrogens is 548 g/mol. The number of hydrogen-bond acceptors (Lipinski definition) is 12. The molecule has 234 valence electrons. The summed E-state index contributed by atoms with van der Waals surface area (Å²) in [7, 11) is 9.28. The lowest BCUT2D eigenvalue weighted by atomic mass is 10.1. The maximum Gasteiger partial charge on any atom is 0.320 e. The second-order valence-electron chi connectivity index (χ2n) is 9.10. The molecule has 0 amide bonds. The molecule has 0 unspecified atom stereocenters. The van der Waals surface area contributed by atoms with E-state index in [4.69, 9.17) is 37.9 Å². The van der Waals surface area contributed by atoms with Gasteiger partial charge in [0.05, 0.1) is 69.0 Å². The van der Waals surface area contributed by atoms with E-state index in [1.54, 1.807) is 56.5 Å². The lowest BCUT2D eigenvalue weighted by Gasteiger charge is -2.27. The Labute approximate surface area is 248 Å². The normalized spacial score (nSPS) is 10.8. The fraction of sp³-hybridized carbons (Fsp3) is 0.533. The quantitative estimate of drug-likeness (QED) is 0.223. The second kappa shape index (κ2) is 17.8. The minimum atomic E-state index is -0.355. The van der Waals surface area contributed by atoms with Crippen molar-refractivity contribution in [1.29, 1.82) is 0 Å². The fourth-order valence-electron chi connectivity index (χ4n) is 4.46. The largest absolute Gasteiger partial charge is 0.493 e. The molecular formula is C30H44N2O10. The highest BCUT2D eigenvalue weighted by Gasteiger charge is 2.21. The monoisotopic (exact) mass is 592 g/mol. The number of methoxy groups -OCH3 is 6. The van der Waals surface area contributed by atoms with Crippen LogP contribution in [0.25, 0.3) is 0 Å². The maximum absolute atomic E-state index is 12.5. The Hall–Kier alpha value is -3.90. The van der Waals surface area contributed by atoms with Gasteiger partial charge in [0.1, 0.15) is 0 Å². The van der Waals surface area contributed by atoms with E-state index < -0.39 is 0 Å². The van der Waals surface area contributed by atoms with Crippen molar-refractivity contribution in [2.75, 3.05) is 82.1 Å². The second-order valence-corrected chi connectivity index (χ2v) is 9.10. The minimum Gasteiger partial charge on any atom is -0.493 e. The number of carbonyl (C=O) groups excluding carboxylic acids is 2. The molecule has 12 nitrogen and oxygen atoms in total. The summed E-state index contributed by atoms with van der Waals surface area (Å²) in [5.74, 6) is 2.28. The molecule has 42 heavy (non-hydrogen) atoms. The van der Waals surface area contributed by atoms with Gasteiger partial charge in [-0.25, -0.2) is 0 Å². The summed E-state index contributed by atoms with van der Waals surface area (Å²) in [6, 6.07) is 7.36. The molecule has 2 aromatic carbocycles. The number of esters is 2. The molecule has 2 aromatic rings. The Balaban J connectivity index is 2.36. The van der Waals surface area contributed by atoms with Crippen LogP contribution >= 0.6 is 0 Å². The van der Waals surface area contributed by atoms with E-state index in [-0.39, 0.29) is 38.2 Å². The van der Waals surface area contributed by atoms with Gasteiger partial charge in [-0.2, -0.15) is 0 Å². The fourth-order valence-corrected chi connectivity index (χ4v) is 4.46. The van der Waals surface area contributed by atoms with Gasteiger partial charge in [-0.15, -0.1) is 0 Å². The van der Waals surface area contributed by atoms with E-state index in [1.807, 2.05) is 34.1 Å². The van der Waals surface area contributed by atoms with E-state index in [0.29, 0.717) is 60.7 Å². The molecule has 0 bridgehead atoms. The average molecular weight is 593 g/mol. The summed E-state index contributed by atoms with van der Waals surface area (Å²) < 4.78 is 43.4. The van der Waals surface area contributed by atoms with Crippen LogP contribution in [0, 0.1) is 0 Å². The van der Waals surface area contributed by atoms with Crippen LogP contribution < -0.4 is 28.4 Å². The number of nitrogens with zero attached hydrogens (tertiary/aromatic N) is 2. The maximum atomic E-state index is 12.5. The molecule has 0 saturated carbocycles. The van der Waals surface area contributed by atoms with Gasteiger partial charge in [-0.3, -0.25) is 19.4 Å². The standard InChI is InChI=1S/C30H44N2O10/c1-9-41-27(33)19-31(17-21-13-23(35-3)29(39-7)24(14-21)36-4)11-12-32(20-28(34)42-10-2)18-22-15-25(37-5)30(40-8)26(16-22)38-6/h13-16H,9-12,17-20H2,1-8H3. The van der Waals surface area contributed by atoms with E-state index in [0.717, 1.165) is 11.1 Å². The number of ether oxygens (including phenoxy) is 8. The first-order chi connectivity index (χ1) is 20.3. The molecule has 0 aliphatic rings. The van der Waals surface area contributed by atoms with Gasteiger partial charge in [-0.1, -0.05) is 0 Å². The molecule has 0 spiro atoms. The zero-order chi connectivity index (χ0) is 31.1. The van der Waals surface area contributed by atoms with Crippen molar-refractivity contribution >= 4 is 11.9 Å². The number of hydrogen-bond donors (Lipinski definition) is 0. The average Bonchev–Trinajstić information content (AvgIpc) is 2.98. The molecule has 0 saturated heterocycles. The molecule has 0 aliphatic carbocycles. The first kappa shape index (κ1) is 34.3. The Morgan fingerprint density at radius 3 is 1.10 bits per heavy atom. The van der Waals surface area contributed by atoms with Gasteiger partial charge in [0, 0.05) is 26.2 Å². The van der Waals surface area contributed by atoms with Gasteiger partial charge in [-0.05, 0) is 49.2 Å². The first-order valence-electron chi connectivity index (χ1n) is 13.6. The van der Waals surface area contributed by atoms with Crippen LogP contribution in [0.4, 0.5) is 0 Å². The van der Waals surface area contributed by atoms with Gasteiger partial charge in [0.15, 0.2) is 23.0 Å². The number of benzene rings is 2. The van der Waals surface area contributed by atoms with Gasteiger partial charge < -0.3 is 37.9 Å². The molecule has 0 fully saturated rings. The Morgan fingerprint density at radius 2 is 0.857 bits per heavy atom. The van der Waals surface area contributed by atoms with E-state index in [2.05, 4.69) is 0 Å². The highest BCUT2D eigenvalue weighted by molar-refractivity contribution is 5.72. The number of rotatable bonds is 19. The number of carbonyl (C=O) groups is 2. The molecule has 2 rings (SSSR count). The van der Waals surface area contributed by atoms with Crippen molar-refractivity contribution in [3.05, 3.63) is 35.4 Å². The Kier molecular flexibility index (Phi) is 14.5. The predicted molar refractivity (Wildman–Crippen MR) is 156 cm³/mol. The molecule has 0 aliphatic heterocycles. The third-order valence-electron chi connectivity index (χ3n) is 6.31. The van der Waals surface area contributed by atoms with Crippen LogP contribution in [0.2, 0.25) is 0 Å². The molecule has 0 N–H and O–H groups in total. The molecule has 12 heteroatoms. The zero-order valence-electron chi connectivity index (χ0n) is 25.9. The van der Waals surface area contributed by atoms with Crippen molar-refractivity contribution in [2.24, 2.45) is 0 Å². The summed E-state index contributed by atoms with van der Waals surface area (Å²) in [4.78, 5) is 28.9. The van der Waals surface area contributed by atoms with Crippen LogP contribution in [0.15, 0.2) is 24.3 Å². The highest BCUT2D eigenvalue weighted by Crippen LogP contribution is 2.39. The Morgan fingerprint density at radius 1 is 0.548 bits per heavy atom. The first-order valence-corrected chi connectivity index (χ1v) is 13.6. The van der Waals surface area contributed by atoms with Crippen molar-refractivity contribution in [3.8, 4) is 34.5 Å². The summed E-state index contributed by atoms with van der Waals surface area (Å²) in [5.41, 5.74) is 1.69. The third kappa shape index (κ3) is 9.88. The summed E-state index contributed by atoms with van der Waals surface area (Å²) >= 11 is 0. The van der Waals surface area contributed by atoms with E-state index >= 15 is 0 Å². The topological polar surface area (TPSA) is 114 Å². The summed E-state index contributed by atoms with van der Waals surface area (Å²) in [6.07, 6.45) is 0. The predicted octanol–water partition coefficient (Wildman–Crippen LogP) is 3.17. The van der Waals surface area contributed by atoms with Crippen LogP contribution in [0.1, 0.15) is 25.0 Å². The smallest absolute Gasteiger partial charge is 0.320 e. The van der Waals surface area contributed by atoms with E-state index in [1.165, 1.54) is 0 Å². The lowest BCUT2D eigenvalue weighted by Crippen LogP contribution is -2.40. The molecule has 0 radical (unpaired) electrons. The van der Waals surface area contributed by atoms with Gasteiger partial charge >= 0.3 is 11.9 Å². The minimum absolute atomic E-state index is 0.0436. The van der Waals surface area contributed by atoms with Gasteiger partial charge in [0.25, 0.3) is 0 Å². The van der Waals surface area contributed by atoms with Crippen molar-refractivity contribution in [1.82, 2.24) is 9.80 Å².